The molecule has 0 fully saturated rings. The summed E-state index contributed by atoms with van der Waals surface area (Å²) < 4.78 is 0. The zero-order valence-corrected chi connectivity index (χ0v) is 11.0. The van der Waals surface area contributed by atoms with E-state index >= 15 is 0 Å². The highest BCUT2D eigenvalue weighted by Crippen LogP contribution is 2.19. The Hall–Kier alpha value is -1.74. The number of aryl methyl sites for hydroxylation is 3. The van der Waals surface area contributed by atoms with Crippen LogP contribution in [-0.4, -0.2) is 16.5 Å². The number of hydrogen-bond donors (Lipinski definition) is 1. The highest BCUT2D eigenvalue weighted by molar-refractivity contribution is 5.60. The van der Waals surface area contributed by atoms with Gasteiger partial charge in [-0.3, -0.25) is 0 Å². The highest BCUT2D eigenvalue weighted by atomic mass is 14.9. The van der Waals surface area contributed by atoms with Gasteiger partial charge in [-0.05, 0) is 38.9 Å². The third-order valence-electron chi connectivity index (χ3n) is 2.82. The summed E-state index contributed by atoms with van der Waals surface area (Å²) >= 11 is 0. The molecule has 3 nitrogen and oxygen atoms in total. The second kappa shape index (κ2) is 5.74. The van der Waals surface area contributed by atoms with E-state index in [9.17, 15) is 0 Å². The van der Waals surface area contributed by atoms with Crippen molar-refractivity contribution < 1.29 is 0 Å². The van der Waals surface area contributed by atoms with Crippen LogP contribution in [0.2, 0.25) is 0 Å². The number of nitrogens with two attached hydrogens (primary N) is 1. The lowest BCUT2D eigenvalue weighted by Crippen LogP contribution is -2.04. The molecule has 0 atom stereocenters. The van der Waals surface area contributed by atoms with Gasteiger partial charge in [-0.25, -0.2) is 9.97 Å². The first-order chi connectivity index (χ1) is 8.69. The topological polar surface area (TPSA) is 51.8 Å². The van der Waals surface area contributed by atoms with Gasteiger partial charge in [0.05, 0.1) is 5.69 Å². The third kappa shape index (κ3) is 3.14. The van der Waals surface area contributed by atoms with Crippen molar-refractivity contribution in [2.24, 2.45) is 5.73 Å². The smallest absolute Gasteiger partial charge is 0.129 e. The van der Waals surface area contributed by atoms with Gasteiger partial charge in [-0.2, -0.15) is 0 Å². The minimum absolute atomic E-state index is 0.678. The summed E-state index contributed by atoms with van der Waals surface area (Å²) in [5.74, 6) is 0.886. The van der Waals surface area contributed by atoms with E-state index in [-0.39, 0.29) is 0 Å². The van der Waals surface area contributed by atoms with E-state index in [2.05, 4.69) is 41.2 Å². The summed E-state index contributed by atoms with van der Waals surface area (Å²) in [5.41, 5.74) is 9.92. The number of nitrogens with zero attached hydrogens (tertiary/aromatic N) is 2. The second-order valence-corrected chi connectivity index (χ2v) is 4.57. The maximum Gasteiger partial charge on any atom is 0.129 e. The molecule has 0 spiro atoms. The van der Waals surface area contributed by atoms with Crippen LogP contribution in [0.25, 0.3) is 11.3 Å². The first-order valence-electron chi connectivity index (χ1n) is 6.30. The van der Waals surface area contributed by atoms with Crippen molar-refractivity contribution in [2.75, 3.05) is 6.54 Å². The van der Waals surface area contributed by atoms with Gasteiger partial charge >= 0.3 is 0 Å². The summed E-state index contributed by atoms with van der Waals surface area (Å²) in [6.07, 6.45) is 1.77. The Labute approximate surface area is 108 Å². The van der Waals surface area contributed by atoms with E-state index in [4.69, 9.17) is 5.73 Å². The van der Waals surface area contributed by atoms with Crippen LogP contribution in [0.1, 0.15) is 23.5 Å². The Morgan fingerprint density at radius 3 is 2.67 bits per heavy atom. The molecule has 18 heavy (non-hydrogen) atoms. The van der Waals surface area contributed by atoms with E-state index in [1.54, 1.807) is 0 Å². The van der Waals surface area contributed by atoms with Crippen LogP contribution >= 0.6 is 0 Å². The van der Waals surface area contributed by atoms with Crippen LogP contribution in [-0.2, 0) is 6.42 Å². The van der Waals surface area contributed by atoms with E-state index < -0.39 is 0 Å². The van der Waals surface area contributed by atoms with Gasteiger partial charge in [-0.1, -0.05) is 23.8 Å². The standard InChI is InChI=1S/C15H19N3/c1-11-5-3-6-13(9-11)14-10-12(2)17-15(18-14)7-4-8-16/h3,5-6,9-10H,4,7-8,16H2,1-2H3. The lowest BCUT2D eigenvalue weighted by Gasteiger charge is -2.06. The molecule has 2 N–H and O–H groups in total. The fourth-order valence-electron chi connectivity index (χ4n) is 1.95. The highest BCUT2D eigenvalue weighted by Gasteiger charge is 2.04. The van der Waals surface area contributed by atoms with Gasteiger partial charge in [0, 0.05) is 17.7 Å². The van der Waals surface area contributed by atoms with Crippen molar-refractivity contribution in [3.05, 3.63) is 47.4 Å². The van der Waals surface area contributed by atoms with E-state index in [0.29, 0.717) is 6.54 Å². The summed E-state index contributed by atoms with van der Waals surface area (Å²) in [7, 11) is 0. The molecule has 1 aromatic carbocycles. The number of hydrogen-bond acceptors (Lipinski definition) is 3. The molecule has 2 rings (SSSR count). The van der Waals surface area contributed by atoms with Gasteiger partial charge in [0.15, 0.2) is 0 Å². The molecule has 1 heterocycles. The Kier molecular flexibility index (Phi) is 4.05. The molecule has 0 saturated heterocycles. The SMILES string of the molecule is Cc1cccc(-c2cc(C)nc(CCCN)n2)c1. The van der Waals surface area contributed by atoms with E-state index in [0.717, 1.165) is 35.6 Å². The molecule has 0 aliphatic carbocycles. The lowest BCUT2D eigenvalue weighted by atomic mass is 10.1. The molecule has 94 valence electrons. The predicted octanol–water partition coefficient (Wildman–Crippen LogP) is 2.65. The van der Waals surface area contributed by atoms with E-state index in [1.807, 2.05) is 13.0 Å². The third-order valence-corrected chi connectivity index (χ3v) is 2.82. The fraction of sp³-hybridized carbons (Fsp3) is 0.333. The van der Waals surface area contributed by atoms with Crippen molar-refractivity contribution in [3.63, 3.8) is 0 Å². The van der Waals surface area contributed by atoms with Crippen molar-refractivity contribution in [2.45, 2.75) is 26.7 Å². The molecule has 0 unspecified atom stereocenters. The van der Waals surface area contributed by atoms with Gasteiger partial charge in [0.2, 0.25) is 0 Å². The minimum atomic E-state index is 0.678. The Bertz CT molecular complexity index is 535. The fourth-order valence-corrected chi connectivity index (χ4v) is 1.95. The van der Waals surface area contributed by atoms with Crippen molar-refractivity contribution in [1.82, 2.24) is 9.97 Å². The summed E-state index contributed by atoms with van der Waals surface area (Å²) in [6, 6.07) is 10.4. The number of benzene rings is 1. The number of aromatic nitrogens is 2. The predicted molar refractivity (Wildman–Crippen MR) is 74.3 cm³/mol. The summed E-state index contributed by atoms with van der Waals surface area (Å²) in [5, 5.41) is 0. The zero-order chi connectivity index (χ0) is 13.0. The van der Waals surface area contributed by atoms with Crippen LogP contribution in [0, 0.1) is 13.8 Å². The monoisotopic (exact) mass is 241 g/mol. The molecule has 0 amide bonds. The molecular formula is C15H19N3. The van der Waals surface area contributed by atoms with Crippen molar-refractivity contribution >= 4 is 0 Å². The molecular weight excluding hydrogens is 222 g/mol. The van der Waals surface area contributed by atoms with Crippen molar-refractivity contribution in [1.29, 1.82) is 0 Å². The van der Waals surface area contributed by atoms with Crippen LogP contribution < -0.4 is 5.73 Å². The Morgan fingerprint density at radius 2 is 1.94 bits per heavy atom. The molecule has 0 bridgehead atoms. The molecule has 0 saturated carbocycles. The molecule has 0 radical (unpaired) electrons. The van der Waals surface area contributed by atoms with Crippen LogP contribution in [0.15, 0.2) is 30.3 Å². The van der Waals surface area contributed by atoms with E-state index in [1.165, 1.54) is 5.56 Å². The average Bonchev–Trinajstić information content (AvgIpc) is 2.36. The molecule has 3 heteroatoms. The molecule has 1 aromatic heterocycles. The minimum Gasteiger partial charge on any atom is -0.330 e. The Balaban J connectivity index is 2.35. The average molecular weight is 241 g/mol. The molecule has 0 aliphatic rings. The molecule has 0 aliphatic heterocycles. The lowest BCUT2D eigenvalue weighted by molar-refractivity contribution is 0.777. The van der Waals surface area contributed by atoms with Crippen LogP contribution in [0.5, 0.6) is 0 Å². The maximum atomic E-state index is 5.53. The Morgan fingerprint density at radius 1 is 1.11 bits per heavy atom. The first-order valence-corrected chi connectivity index (χ1v) is 6.30. The van der Waals surface area contributed by atoms with Gasteiger partial charge in [0.25, 0.3) is 0 Å². The van der Waals surface area contributed by atoms with Crippen molar-refractivity contribution in [3.8, 4) is 11.3 Å². The maximum absolute atomic E-state index is 5.53. The number of rotatable bonds is 4. The first kappa shape index (κ1) is 12.7. The second-order valence-electron chi connectivity index (χ2n) is 4.57. The largest absolute Gasteiger partial charge is 0.330 e. The van der Waals surface area contributed by atoms with Crippen LogP contribution in [0.3, 0.4) is 0 Å². The summed E-state index contributed by atoms with van der Waals surface area (Å²) in [4.78, 5) is 9.07. The van der Waals surface area contributed by atoms with Gasteiger partial charge in [0.1, 0.15) is 5.82 Å². The van der Waals surface area contributed by atoms with Gasteiger partial charge in [-0.15, -0.1) is 0 Å². The molecule has 2 aromatic rings. The normalized spacial score (nSPS) is 10.6. The zero-order valence-electron chi connectivity index (χ0n) is 11.0. The quantitative estimate of drug-likeness (QED) is 0.895. The van der Waals surface area contributed by atoms with Crippen LogP contribution in [0.4, 0.5) is 0 Å². The summed E-state index contributed by atoms with van der Waals surface area (Å²) in [6.45, 7) is 4.77. The van der Waals surface area contributed by atoms with Gasteiger partial charge < -0.3 is 5.73 Å².